The fourth-order valence-electron chi connectivity index (χ4n) is 4.83. The highest BCUT2D eigenvalue weighted by Crippen LogP contribution is 2.31. The van der Waals surface area contributed by atoms with Gasteiger partial charge in [0, 0.05) is 31.6 Å². The minimum absolute atomic E-state index is 0.0835. The van der Waals surface area contributed by atoms with E-state index in [4.69, 9.17) is 9.47 Å². The van der Waals surface area contributed by atoms with E-state index in [1.165, 1.54) is 30.6 Å². The number of carbonyl (C=O) groups is 1. The lowest BCUT2D eigenvalue weighted by atomic mass is 9.94. The van der Waals surface area contributed by atoms with Crippen molar-refractivity contribution < 1.29 is 27.8 Å². The van der Waals surface area contributed by atoms with Crippen molar-refractivity contribution in [3.8, 4) is 16.9 Å². The van der Waals surface area contributed by atoms with Gasteiger partial charge in [-0.3, -0.25) is 4.79 Å². The summed E-state index contributed by atoms with van der Waals surface area (Å²) in [5.41, 5.74) is 3.13. The molecule has 9 heteroatoms. The van der Waals surface area contributed by atoms with E-state index in [1.54, 1.807) is 24.0 Å². The van der Waals surface area contributed by atoms with Crippen LogP contribution in [0.2, 0.25) is 0 Å². The molecule has 0 fully saturated rings. The monoisotopic (exact) mass is 552 g/mol. The number of likely N-dealkylation sites (N-methyl/N-ethyl adjacent to an activating group) is 1. The molecular weight excluding hydrogens is 516 g/mol. The van der Waals surface area contributed by atoms with Crippen LogP contribution in [0.4, 0.5) is 0 Å². The van der Waals surface area contributed by atoms with Crippen molar-refractivity contribution in [3.63, 3.8) is 0 Å². The third-order valence-corrected chi connectivity index (χ3v) is 9.14. The Balaban J connectivity index is 1.71. The van der Waals surface area contributed by atoms with Crippen molar-refractivity contribution in [1.29, 1.82) is 0 Å². The second kappa shape index (κ2) is 12.3. The second-order valence-corrected chi connectivity index (χ2v) is 12.0. The smallest absolute Gasteiger partial charge is 0.254 e. The van der Waals surface area contributed by atoms with Crippen molar-refractivity contribution >= 4 is 15.9 Å². The van der Waals surface area contributed by atoms with Crippen molar-refractivity contribution in [2.24, 2.45) is 5.92 Å². The Labute approximate surface area is 230 Å². The highest BCUT2D eigenvalue weighted by Gasteiger charge is 2.32. The van der Waals surface area contributed by atoms with Crippen LogP contribution < -0.4 is 4.74 Å². The summed E-state index contributed by atoms with van der Waals surface area (Å²) in [6.07, 6.45) is -0.529. The molecule has 8 nitrogen and oxygen atoms in total. The average Bonchev–Trinajstić information content (AvgIpc) is 2.98. The summed E-state index contributed by atoms with van der Waals surface area (Å²) in [5, 5.41) is 10.0. The molecule has 1 aliphatic heterocycles. The van der Waals surface area contributed by atoms with Gasteiger partial charge in [0.25, 0.3) is 5.91 Å². The number of carbonyl (C=O) groups excluding carboxylic acids is 1. The number of methoxy groups -OCH3 is 1. The minimum atomic E-state index is -3.80. The Kier molecular flexibility index (Phi) is 9.07. The van der Waals surface area contributed by atoms with E-state index in [-0.39, 0.29) is 43.0 Å². The fraction of sp³-hybridized carbons (Fsp3) is 0.367. The number of hydrogen-bond donors (Lipinski definition) is 1. The molecule has 0 aromatic heterocycles. The highest BCUT2D eigenvalue weighted by atomic mass is 32.2. The van der Waals surface area contributed by atoms with Gasteiger partial charge >= 0.3 is 0 Å². The zero-order valence-corrected chi connectivity index (χ0v) is 23.6. The van der Waals surface area contributed by atoms with Gasteiger partial charge in [0.2, 0.25) is 10.0 Å². The number of ether oxygens (including phenoxy) is 2. The van der Waals surface area contributed by atoms with Gasteiger partial charge in [-0.15, -0.1) is 0 Å². The van der Waals surface area contributed by atoms with E-state index < -0.39 is 22.2 Å². The molecule has 0 saturated heterocycles. The molecule has 0 saturated carbocycles. The van der Waals surface area contributed by atoms with Gasteiger partial charge in [-0.25, -0.2) is 8.42 Å². The van der Waals surface area contributed by atoms with E-state index in [9.17, 15) is 18.3 Å². The molecule has 3 atom stereocenters. The van der Waals surface area contributed by atoms with Crippen LogP contribution in [0.5, 0.6) is 5.75 Å². The predicted octanol–water partition coefficient (Wildman–Crippen LogP) is 4.04. The van der Waals surface area contributed by atoms with Gasteiger partial charge < -0.3 is 19.5 Å². The molecule has 0 radical (unpaired) electrons. The van der Waals surface area contributed by atoms with Crippen LogP contribution in [-0.4, -0.2) is 74.6 Å². The predicted molar refractivity (Wildman–Crippen MR) is 150 cm³/mol. The number of aliphatic hydroxyl groups is 1. The van der Waals surface area contributed by atoms with Crippen molar-refractivity contribution in [2.45, 2.75) is 37.5 Å². The van der Waals surface area contributed by atoms with Crippen molar-refractivity contribution in [2.75, 3.05) is 33.9 Å². The molecule has 3 aromatic carbocycles. The summed E-state index contributed by atoms with van der Waals surface area (Å²) in [6, 6.07) is 21.0. The van der Waals surface area contributed by atoms with Crippen LogP contribution in [0.1, 0.15) is 29.8 Å². The molecule has 4 rings (SSSR count). The number of nitrogens with zero attached hydrogens (tertiary/aromatic N) is 2. The lowest BCUT2D eigenvalue weighted by molar-refractivity contribution is -0.0146. The van der Waals surface area contributed by atoms with Crippen molar-refractivity contribution in [1.82, 2.24) is 9.21 Å². The average molecular weight is 553 g/mol. The van der Waals surface area contributed by atoms with E-state index in [0.717, 1.165) is 16.7 Å². The van der Waals surface area contributed by atoms with Gasteiger partial charge in [-0.2, -0.15) is 4.31 Å². The summed E-state index contributed by atoms with van der Waals surface area (Å²) in [7, 11) is -0.746. The lowest BCUT2D eigenvalue weighted by Gasteiger charge is -2.35. The Morgan fingerprint density at radius 3 is 2.28 bits per heavy atom. The first-order chi connectivity index (χ1) is 18.7. The fourth-order valence-corrected chi connectivity index (χ4v) is 6.01. The molecule has 0 aliphatic carbocycles. The zero-order chi connectivity index (χ0) is 28.2. The first kappa shape index (κ1) is 28.8. The molecule has 1 heterocycles. The Morgan fingerprint density at radius 1 is 1.03 bits per heavy atom. The van der Waals surface area contributed by atoms with Crippen LogP contribution >= 0.6 is 0 Å². The van der Waals surface area contributed by atoms with Gasteiger partial charge in [0.05, 0.1) is 37.4 Å². The number of rotatable bonds is 7. The quantitative estimate of drug-likeness (QED) is 0.475. The van der Waals surface area contributed by atoms with Gasteiger partial charge in [-0.1, -0.05) is 49.4 Å². The van der Waals surface area contributed by atoms with Gasteiger partial charge in [0.15, 0.2) is 0 Å². The van der Waals surface area contributed by atoms with E-state index >= 15 is 0 Å². The molecule has 39 heavy (non-hydrogen) atoms. The molecule has 0 unspecified atom stereocenters. The number of benzene rings is 3. The summed E-state index contributed by atoms with van der Waals surface area (Å²) in [5.74, 6) is 0.141. The summed E-state index contributed by atoms with van der Waals surface area (Å²) in [4.78, 5) is 15.7. The van der Waals surface area contributed by atoms with Crippen LogP contribution in [-0.2, 0) is 21.4 Å². The molecule has 1 amide bonds. The SMILES string of the molecule is COc1ccc(S(=O)(=O)N(C)C[C@@H]2OCc3ccccc3-c3ccccc3C(=O)N([C@@H](C)CO)C[C@H]2C)cc1. The van der Waals surface area contributed by atoms with Crippen LogP contribution in [0.3, 0.4) is 0 Å². The topological polar surface area (TPSA) is 96.4 Å². The first-order valence-electron chi connectivity index (χ1n) is 13.0. The number of fused-ring (bicyclic) bond motifs is 3. The standard InChI is InChI=1S/C30H36N2O6S/c1-21-17-32(22(2)19-33)30(34)28-12-8-7-11-27(28)26-10-6-5-9-23(26)20-38-29(21)18-31(3)39(35,36)25-15-13-24(37-4)14-16-25/h5-16,21-22,29,33H,17-20H2,1-4H3/t21-,22+,29+/m1/s1. The Morgan fingerprint density at radius 2 is 1.64 bits per heavy atom. The number of aliphatic hydroxyl groups excluding tert-OH is 1. The zero-order valence-electron chi connectivity index (χ0n) is 22.8. The van der Waals surface area contributed by atoms with Crippen molar-refractivity contribution in [3.05, 3.63) is 83.9 Å². The van der Waals surface area contributed by atoms with Crippen LogP contribution in [0.25, 0.3) is 11.1 Å². The maximum atomic E-state index is 13.9. The first-order valence-corrected chi connectivity index (χ1v) is 14.4. The van der Waals surface area contributed by atoms with Crippen LogP contribution in [0, 0.1) is 5.92 Å². The second-order valence-electron chi connectivity index (χ2n) is 9.98. The lowest BCUT2D eigenvalue weighted by Crippen LogP contribution is -2.47. The summed E-state index contributed by atoms with van der Waals surface area (Å²) < 4.78 is 39.7. The molecule has 1 N–H and O–H groups in total. The largest absolute Gasteiger partial charge is 0.497 e. The van der Waals surface area contributed by atoms with E-state index in [0.29, 0.717) is 11.3 Å². The van der Waals surface area contributed by atoms with E-state index in [1.807, 2.05) is 55.5 Å². The summed E-state index contributed by atoms with van der Waals surface area (Å²) >= 11 is 0. The summed E-state index contributed by atoms with van der Waals surface area (Å²) in [6.45, 7) is 4.16. The molecule has 0 spiro atoms. The number of hydrogen-bond acceptors (Lipinski definition) is 6. The Bertz CT molecular complexity index is 1390. The molecule has 208 valence electrons. The normalized spacial score (nSPS) is 19.1. The third-order valence-electron chi connectivity index (χ3n) is 7.30. The van der Waals surface area contributed by atoms with E-state index in [2.05, 4.69) is 0 Å². The highest BCUT2D eigenvalue weighted by molar-refractivity contribution is 7.89. The number of amides is 1. The molecule has 3 aromatic rings. The Hall–Kier alpha value is -3.24. The minimum Gasteiger partial charge on any atom is -0.497 e. The van der Waals surface area contributed by atoms with Crippen LogP contribution in [0.15, 0.2) is 77.7 Å². The third kappa shape index (κ3) is 6.17. The molecular formula is C30H36N2O6S. The van der Waals surface area contributed by atoms with Gasteiger partial charge in [-0.05, 0) is 53.9 Å². The number of sulfonamides is 1. The maximum Gasteiger partial charge on any atom is 0.254 e. The molecule has 1 aliphatic rings. The molecule has 0 bridgehead atoms. The maximum absolute atomic E-state index is 13.9. The van der Waals surface area contributed by atoms with Gasteiger partial charge in [0.1, 0.15) is 5.75 Å².